The summed E-state index contributed by atoms with van der Waals surface area (Å²) in [6.07, 6.45) is 0.789. The number of nitrogens with one attached hydrogen (secondary N) is 2. The molecule has 0 spiro atoms. The molecule has 1 aliphatic heterocycles. The maximum absolute atomic E-state index is 12.1. The van der Waals surface area contributed by atoms with Crippen LogP contribution in [0.2, 0.25) is 5.02 Å². The fourth-order valence-electron chi connectivity index (χ4n) is 2.98. The first-order chi connectivity index (χ1) is 12.1. The van der Waals surface area contributed by atoms with Gasteiger partial charge in [0, 0.05) is 47.7 Å². The summed E-state index contributed by atoms with van der Waals surface area (Å²) < 4.78 is 0.393. The van der Waals surface area contributed by atoms with Gasteiger partial charge in [0.15, 0.2) is 4.77 Å². The van der Waals surface area contributed by atoms with Crippen molar-refractivity contribution < 1.29 is 0 Å². The first-order valence-electron chi connectivity index (χ1n) is 7.85. The second-order valence-corrected chi connectivity index (χ2v) is 7.68. The quantitative estimate of drug-likeness (QED) is 0.668. The van der Waals surface area contributed by atoms with Crippen molar-refractivity contribution in [2.24, 2.45) is 0 Å². The second kappa shape index (κ2) is 6.84. The van der Waals surface area contributed by atoms with Crippen molar-refractivity contribution >= 4 is 35.2 Å². The van der Waals surface area contributed by atoms with Crippen molar-refractivity contribution in [1.82, 2.24) is 19.9 Å². The molecule has 0 amide bonds. The molecule has 25 heavy (non-hydrogen) atoms. The lowest BCUT2D eigenvalue weighted by Gasteiger charge is -2.26. The molecule has 2 aromatic heterocycles. The highest BCUT2D eigenvalue weighted by molar-refractivity contribution is 7.71. The van der Waals surface area contributed by atoms with Gasteiger partial charge in [-0.05, 0) is 24.4 Å². The number of nitrogens with zero attached hydrogens (tertiary/aromatic N) is 2. The minimum absolute atomic E-state index is 0.0939. The Kier molecular flexibility index (Phi) is 4.56. The largest absolute Gasteiger partial charge is 0.335 e. The summed E-state index contributed by atoms with van der Waals surface area (Å²) >= 11 is 12.6. The molecule has 3 aromatic rings. The van der Waals surface area contributed by atoms with E-state index in [-0.39, 0.29) is 5.56 Å². The van der Waals surface area contributed by atoms with Gasteiger partial charge in [-0.15, -0.1) is 11.3 Å². The van der Waals surface area contributed by atoms with Crippen LogP contribution in [0.5, 0.6) is 0 Å². The summed E-state index contributed by atoms with van der Waals surface area (Å²) in [7, 11) is 0. The maximum atomic E-state index is 12.1. The molecule has 0 radical (unpaired) electrons. The van der Waals surface area contributed by atoms with Crippen molar-refractivity contribution in [3.05, 3.63) is 66.7 Å². The number of fused-ring (bicyclic) bond motifs is 1. The SMILES string of the molecule is O=c1[nH]c(=S)[nH]c2c1CN(Cc1csc(-c3ccc(Cl)cc3)n1)CC2. The van der Waals surface area contributed by atoms with E-state index in [1.165, 1.54) is 0 Å². The van der Waals surface area contributed by atoms with Gasteiger partial charge in [-0.3, -0.25) is 14.7 Å². The Morgan fingerprint density at radius 3 is 2.88 bits per heavy atom. The third-order valence-electron chi connectivity index (χ3n) is 4.22. The molecule has 2 N–H and O–H groups in total. The van der Waals surface area contributed by atoms with E-state index >= 15 is 0 Å². The van der Waals surface area contributed by atoms with Gasteiger partial charge in [0.05, 0.1) is 11.3 Å². The number of aromatic amines is 2. The van der Waals surface area contributed by atoms with Crippen LogP contribution in [0, 0.1) is 4.77 Å². The fraction of sp³-hybridized carbons (Fsp3) is 0.235. The van der Waals surface area contributed by atoms with Crippen molar-refractivity contribution in [1.29, 1.82) is 0 Å². The second-order valence-electron chi connectivity index (χ2n) is 5.98. The normalized spacial score (nSPS) is 14.4. The van der Waals surface area contributed by atoms with Gasteiger partial charge < -0.3 is 4.98 Å². The van der Waals surface area contributed by atoms with Gasteiger partial charge in [0.2, 0.25) is 0 Å². The number of rotatable bonds is 3. The van der Waals surface area contributed by atoms with Crippen LogP contribution in [0.25, 0.3) is 10.6 Å². The molecule has 8 heteroatoms. The predicted molar refractivity (Wildman–Crippen MR) is 103 cm³/mol. The fourth-order valence-corrected chi connectivity index (χ4v) is 4.14. The molecule has 0 fully saturated rings. The van der Waals surface area contributed by atoms with Crippen LogP contribution in [-0.4, -0.2) is 26.4 Å². The summed E-state index contributed by atoms with van der Waals surface area (Å²) in [5, 5.41) is 3.77. The standard InChI is InChI=1S/C17H15ClN4OS2/c18-11-3-1-10(2-4-11)16-19-12(9-25-16)7-22-6-5-14-13(8-22)15(23)21-17(24)20-14/h1-4,9H,5-8H2,(H2,20,21,23,24). The van der Waals surface area contributed by atoms with Crippen molar-refractivity contribution in [2.75, 3.05) is 6.54 Å². The first kappa shape index (κ1) is 16.7. The number of thiazole rings is 1. The van der Waals surface area contributed by atoms with E-state index in [4.69, 9.17) is 28.8 Å². The Labute approximate surface area is 158 Å². The maximum Gasteiger partial charge on any atom is 0.256 e. The van der Waals surface area contributed by atoms with Crippen molar-refractivity contribution in [3.8, 4) is 10.6 Å². The molecule has 0 saturated carbocycles. The van der Waals surface area contributed by atoms with Crippen LogP contribution in [-0.2, 0) is 19.5 Å². The van der Waals surface area contributed by atoms with Crippen LogP contribution < -0.4 is 5.56 Å². The number of aromatic nitrogens is 3. The molecule has 4 rings (SSSR count). The van der Waals surface area contributed by atoms with E-state index in [9.17, 15) is 4.79 Å². The number of halogens is 1. The molecule has 128 valence electrons. The third kappa shape index (κ3) is 3.59. The van der Waals surface area contributed by atoms with Crippen LogP contribution in [0.15, 0.2) is 34.4 Å². The third-order valence-corrected chi connectivity index (χ3v) is 5.61. The zero-order valence-corrected chi connectivity index (χ0v) is 15.6. The average molecular weight is 391 g/mol. The Balaban J connectivity index is 1.51. The monoisotopic (exact) mass is 390 g/mol. The summed E-state index contributed by atoms with van der Waals surface area (Å²) in [5.41, 5.74) is 3.70. The van der Waals surface area contributed by atoms with Gasteiger partial charge in [-0.2, -0.15) is 0 Å². The Bertz CT molecular complexity index is 1020. The van der Waals surface area contributed by atoms with E-state index in [2.05, 4.69) is 20.2 Å². The Morgan fingerprint density at radius 1 is 1.28 bits per heavy atom. The molecule has 0 saturated heterocycles. The van der Waals surface area contributed by atoms with Crippen LogP contribution in [0.1, 0.15) is 17.0 Å². The minimum Gasteiger partial charge on any atom is -0.335 e. The average Bonchev–Trinajstić information content (AvgIpc) is 3.04. The van der Waals surface area contributed by atoms with E-state index in [1.807, 2.05) is 24.3 Å². The topological polar surface area (TPSA) is 64.8 Å². The zero-order chi connectivity index (χ0) is 17.4. The van der Waals surface area contributed by atoms with Crippen molar-refractivity contribution in [2.45, 2.75) is 19.5 Å². The van der Waals surface area contributed by atoms with Crippen LogP contribution >= 0.6 is 35.2 Å². The van der Waals surface area contributed by atoms with Gasteiger partial charge in [0.1, 0.15) is 5.01 Å². The van der Waals surface area contributed by atoms with Gasteiger partial charge in [0.25, 0.3) is 5.56 Å². The van der Waals surface area contributed by atoms with Gasteiger partial charge in [-0.1, -0.05) is 23.7 Å². The molecule has 5 nitrogen and oxygen atoms in total. The van der Waals surface area contributed by atoms with E-state index < -0.39 is 0 Å². The van der Waals surface area contributed by atoms with E-state index in [0.29, 0.717) is 11.3 Å². The molecule has 0 unspecified atom stereocenters. The lowest BCUT2D eigenvalue weighted by atomic mass is 10.1. The molecule has 1 aromatic carbocycles. The highest BCUT2D eigenvalue weighted by Crippen LogP contribution is 2.26. The van der Waals surface area contributed by atoms with Crippen molar-refractivity contribution in [3.63, 3.8) is 0 Å². The highest BCUT2D eigenvalue weighted by atomic mass is 35.5. The molecule has 0 bridgehead atoms. The molecule has 3 heterocycles. The minimum atomic E-state index is -0.0939. The van der Waals surface area contributed by atoms with Gasteiger partial charge in [-0.25, -0.2) is 4.98 Å². The molecule has 0 aliphatic carbocycles. The summed E-state index contributed by atoms with van der Waals surface area (Å²) in [4.78, 5) is 24.8. The van der Waals surface area contributed by atoms with E-state index in [1.54, 1.807) is 11.3 Å². The first-order valence-corrected chi connectivity index (χ1v) is 9.52. The molecular formula is C17H15ClN4OS2. The predicted octanol–water partition coefficient (Wildman–Crippen LogP) is 3.77. The van der Waals surface area contributed by atoms with E-state index in [0.717, 1.165) is 52.1 Å². The zero-order valence-electron chi connectivity index (χ0n) is 13.2. The van der Waals surface area contributed by atoms with Crippen LogP contribution in [0.4, 0.5) is 0 Å². The molecule has 0 atom stereocenters. The summed E-state index contributed by atoms with van der Waals surface area (Å²) in [6, 6.07) is 7.69. The molecular weight excluding hydrogens is 376 g/mol. The Morgan fingerprint density at radius 2 is 2.08 bits per heavy atom. The summed E-state index contributed by atoms with van der Waals surface area (Å²) in [5.74, 6) is 0. The number of H-pyrrole nitrogens is 2. The number of benzene rings is 1. The summed E-state index contributed by atoms with van der Waals surface area (Å²) in [6.45, 7) is 2.19. The lowest BCUT2D eigenvalue weighted by Crippen LogP contribution is -2.35. The lowest BCUT2D eigenvalue weighted by molar-refractivity contribution is 0.239. The van der Waals surface area contributed by atoms with Gasteiger partial charge >= 0.3 is 0 Å². The smallest absolute Gasteiger partial charge is 0.256 e. The van der Waals surface area contributed by atoms with Crippen LogP contribution in [0.3, 0.4) is 0 Å². The molecule has 1 aliphatic rings. The number of hydrogen-bond donors (Lipinski definition) is 2. The number of hydrogen-bond acceptors (Lipinski definition) is 5. The highest BCUT2D eigenvalue weighted by Gasteiger charge is 2.20. The Hall–Kier alpha value is -1.80.